The molecule has 7 heteroatoms. The minimum Gasteiger partial charge on any atom is -0.507 e. The van der Waals surface area contributed by atoms with Crippen LogP contribution >= 0.6 is 0 Å². The highest BCUT2D eigenvalue weighted by molar-refractivity contribution is 5.69. The summed E-state index contributed by atoms with van der Waals surface area (Å²) in [6, 6.07) is 1.32. The molecule has 0 heterocycles. The summed E-state index contributed by atoms with van der Waals surface area (Å²) in [4.78, 5) is 4.63. The van der Waals surface area contributed by atoms with Crippen molar-refractivity contribution in [3.05, 3.63) is 58.9 Å². The lowest BCUT2D eigenvalue weighted by atomic mass is 9.65. The van der Waals surface area contributed by atoms with E-state index in [9.17, 15) is 25.5 Å². The molecule has 0 aromatic heterocycles. The number of hydrogen-bond donors (Lipinski definition) is 5. The Labute approximate surface area is 265 Å². The number of allylic oxidation sites excluding steroid dienone is 5. The van der Waals surface area contributed by atoms with Crippen molar-refractivity contribution < 1.29 is 25.5 Å². The molecule has 5 N–H and O–H groups in total. The number of aliphatic hydroxyl groups is 5. The van der Waals surface area contributed by atoms with Gasteiger partial charge >= 0.3 is 0 Å². The van der Waals surface area contributed by atoms with Crippen molar-refractivity contribution in [2.45, 2.75) is 114 Å². The molecule has 0 radical (unpaired) electrons. The third-order valence-corrected chi connectivity index (χ3v) is 11.7. The molecule has 0 aromatic carbocycles. The van der Waals surface area contributed by atoms with Gasteiger partial charge in [0.15, 0.2) is 0 Å². The van der Waals surface area contributed by atoms with Crippen LogP contribution in [0.3, 0.4) is 0 Å². The fraction of sp³-hybridized carbons (Fsp3) is 0.730. The molecule has 4 saturated carbocycles. The van der Waals surface area contributed by atoms with Crippen LogP contribution in [0.4, 0.5) is 0 Å². The first kappa shape index (κ1) is 33.6. The van der Waals surface area contributed by atoms with Crippen LogP contribution in [0.25, 0.3) is 0 Å². The fourth-order valence-corrected chi connectivity index (χ4v) is 8.86. The summed E-state index contributed by atoms with van der Waals surface area (Å²) in [5.74, 6) is 0.606. The Hall–Kier alpha value is -1.74. The second-order valence-electron chi connectivity index (χ2n) is 15.1. The molecular weight excluding hydrogens is 552 g/mol. The monoisotopic (exact) mass is 610 g/mol. The predicted molar refractivity (Wildman–Crippen MR) is 176 cm³/mol. The van der Waals surface area contributed by atoms with Crippen LogP contribution in [0.1, 0.15) is 77.0 Å². The second-order valence-corrected chi connectivity index (χ2v) is 15.1. The number of rotatable bonds is 7. The summed E-state index contributed by atoms with van der Waals surface area (Å²) < 4.78 is 0. The molecule has 246 valence electrons. The lowest BCUT2D eigenvalue weighted by Crippen LogP contribution is -2.44. The highest BCUT2D eigenvalue weighted by Gasteiger charge is 2.47. The van der Waals surface area contributed by atoms with Gasteiger partial charge < -0.3 is 35.3 Å². The van der Waals surface area contributed by atoms with E-state index < -0.39 is 30.3 Å². The van der Waals surface area contributed by atoms with E-state index in [1.807, 2.05) is 0 Å². The van der Waals surface area contributed by atoms with Gasteiger partial charge in [0.1, 0.15) is 5.76 Å². The van der Waals surface area contributed by atoms with Crippen molar-refractivity contribution in [1.29, 1.82) is 0 Å². The molecule has 0 saturated heterocycles. The van der Waals surface area contributed by atoms with E-state index in [2.05, 4.69) is 68.9 Å². The summed E-state index contributed by atoms with van der Waals surface area (Å²) >= 11 is 0. The maximum atomic E-state index is 11.2. The molecule has 4 unspecified atom stereocenters. The molecule has 4 atom stereocenters. The van der Waals surface area contributed by atoms with E-state index in [1.165, 1.54) is 51.4 Å². The van der Waals surface area contributed by atoms with Crippen LogP contribution in [0.2, 0.25) is 0 Å². The summed E-state index contributed by atoms with van der Waals surface area (Å²) in [5, 5.41) is 55.7. The maximum Gasteiger partial charge on any atom is 0.127 e. The van der Waals surface area contributed by atoms with Crippen molar-refractivity contribution in [2.75, 3.05) is 28.2 Å². The summed E-state index contributed by atoms with van der Waals surface area (Å²) in [6.07, 6.45) is 17.1. The average Bonchev–Trinajstić information content (AvgIpc) is 2.98. The van der Waals surface area contributed by atoms with Gasteiger partial charge in [-0.2, -0.15) is 0 Å². The van der Waals surface area contributed by atoms with Crippen LogP contribution in [-0.4, -0.2) is 100 Å². The molecule has 0 spiro atoms. The molecule has 0 aliphatic heterocycles. The zero-order valence-electron chi connectivity index (χ0n) is 27.5. The summed E-state index contributed by atoms with van der Waals surface area (Å²) in [7, 11) is 8.60. The fourth-order valence-electron chi connectivity index (χ4n) is 8.86. The first-order valence-electron chi connectivity index (χ1n) is 17.2. The molecule has 0 bridgehead atoms. The topological polar surface area (TPSA) is 108 Å². The quantitative estimate of drug-likeness (QED) is 0.261. The van der Waals surface area contributed by atoms with Gasteiger partial charge in [0.2, 0.25) is 0 Å². The molecule has 0 amide bonds. The largest absolute Gasteiger partial charge is 0.507 e. The van der Waals surface area contributed by atoms with Gasteiger partial charge in [-0.05, 0) is 140 Å². The van der Waals surface area contributed by atoms with E-state index in [4.69, 9.17) is 0 Å². The SMILES string of the molecule is C=C1C(=C2C(O)CC(/C=C/C3CCC(N(C)C)CC3)CC2O)C(O)=C1C1C(O)CC(/C=C/C2CCC(N(C)C)CC2)CC1O. The van der Waals surface area contributed by atoms with Crippen LogP contribution in [0.15, 0.2) is 58.9 Å². The number of hydrogen-bond acceptors (Lipinski definition) is 7. The third-order valence-electron chi connectivity index (χ3n) is 11.7. The lowest BCUT2D eigenvalue weighted by molar-refractivity contribution is -0.0217. The van der Waals surface area contributed by atoms with Crippen LogP contribution in [-0.2, 0) is 0 Å². The molecule has 5 rings (SSSR count). The Morgan fingerprint density at radius 3 is 1.36 bits per heavy atom. The maximum absolute atomic E-state index is 11.2. The van der Waals surface area contributed by atoms with Crippen molar-refractivity contribution in [3.63, 3.8) is 0 Å². The average molecular weight is 611 g/mol. The minimum absolute atomic E-state index is 0.0375. The van der Waals surface area contributed by atoms with Crippen LogP contribution in [0, 0.1) is 29.6 Å². The summed E-state index contributed by atoms with van der Waals surface area (Å²) in [5.41, 5.74) is 1.85. The van der Waals surface area contributed by atoms with Gasteiger partial charge in [0.25, 0.3) is 0 Å². The van der Waals surface area contributed by atoms with Gasteiger partial charge in [-0.1, -0.05) is 30.9 Å². The van der Waals surface area contributed by atoms with E-state index in [-0.39, 0.29) is 17.6 Å². The Balaban J connectivity index is 1.18. The van der Waals surface area contributed by atoms with E-state index in [0.29, 0.717) is 71.9 Å². The van der Waals surface area contributed by atoms with Gasteiger partial charge in [0.05, 0.1) is 24.4 Å². The molecule has 0 aromatic rings. The minimum atomic E-state index is -0.878. The molecular formula is C37H58N2O5. The first-order chi connectivity index (χ1) is 20.9. The Morgan fingerprint density at radius 2 is 0.977 bits per heavy atom. The Morgan fingerprint density at radius 1 is 0.591 bits per heavy atom. The number of nitrogens with zero attached hydrogens (tertiary/aromatic N) is 2. The Kier molecular flexibility index (Phi) is 11.0. The Bertz CT molecular complexity index is 1110. The first-order valence-corrected chi connectivity index (χ1v) is 17.2. The normalized spacial score (nSPS) is 41.0. The van der Waals surface area contributed by atoms with E-state index in [1.54, 1.807) is 0 Å². The molecule has 5 aliphatic rings. The van der Waals surface area contributed by atoms with Gasteiger partial charge in [-0.25, -0.2) is 0 Å². The molecule has 7 nitrogen and oxygen atoms in total. The van der Waals surface area contributed by atoms with E-state index in [0.717, 1.165) is 0 Å². The summed E-state index contributed by atoms with van der Waals surface area (Å²) in [6.45, 7) is 4.18. The highest BCUT2D eigenvalue weighted by atomic mass is 16.3. The molecule has 5 aliphatic carbocycles. The zero-order chi connectivity index (χ0) is 31.7. The van der Waals surface area contributed by atoms with Crippen molar-refractivity contribution in [2.24, 2.45) is 29.6 Å². The van der Waals surface area contributed by atoms with Gasteiger partial charge in [-0.3, -0.25) is 0 Å². The lowest BCUT2D eigenvalue weighted by Gasteiger charge is -2.43. The van der Waals surface area contributed by atoms with E-state index >= 15 is 0 Å². The van der Waals surface area contributed by atoms with Crippen molar-refractivity contribution >= 4 is 0 Å². The second kappa shape index (κ2) is 14.4. The predicted octanol–water partition coefficient (Wildman–Crippen LogP) is 4.90. The van der Waals surface area contributed by atoms with Gasteiger partial charge in [0, 0.05) is 29.1 Å². The zero-order valence-corrected chi connectivity index (χ0v) is 27.5. The molecule has 4 fully saturated rings. The molecule has 44 heavy (non-hydrogen) atoms. The highest BCUT2D eigenvalue weighted by Crippen LogP contribution is 2.50. The van der Waals surface area contributed by atoms with Crippen molar-refractivity contribution in [1.82, 2.24) is 9.80 Å². The van der Waals surface area contributed by atoms with Crippen LogP contribution < -0.4 is 0 Å². The van der Waals surface area contributed by atoms with Crippen molar-refractivity contribution in [3.8, 4) is 0 Å². The standard InChI is InChI=1S/C37H58N2O5/c1-22-33(35-29(40)18-25(19-30(35)41)8-6-23-10-14-27(15-11-23)38(2)3)37(44)34(22)36-31(42)20-26(21-32(36)43)9-7-24-12-16-28(17-13-24)39(4)5/h6-9,23-32,35,40-44H,1,10-21H2,2-5H3/b8-6+,9-7+,36-34?. The number of aliphatic hydroxyl groups excluding tert-OH is 5. The smallest absolute Gasteiger partial charge is 0.127 e. The van der Waals surface area contributed by atoms with Gasteiger partial charge in [-0.15, -0.1) is 0 Å². The third kappa shape index (κ3) is 7.29. The van der Waals surface area contributed by atoms with Crippen LogP contribution in [0.5, 0.6) is 0 Å².